The molecule has 1 atom stereocenters. The summed E-state index contributed by atoms with van der Waals surface area (Å²) in [7, 11) is 1.38. The molecule has 0 fully saturated rings. The Bertz CT molecular complexity index is 1200. The van der Waals surface area contributed by atoms with Gasteiger partial charge in [-0.15, -0.1) is 0 Å². The van der Waals surface area contributed by atoms with E-state index in [1.54, 1.807) is 31.4 Å². The molecule has 0 aliphatic rings. The molecule has 0 spiro atoms. The first-order valence-electron chi connectivity index (χ1n) is 11.5. The van der Waals surface area contributed by atoms with Crippen molar-refractivity contribution in [2.75, 3.05) is 26.1 Å². The average Bonchev–Trinajstić information content (AvgIpc) is 2.88. The van der Waals surface area contributed by atoms with Crippen molar-refractivity contribution >= 4 is 36.7 Å². The van der Waals surface area contributed by atoms with E-state index in [1.807, 2.05) is 12.1 Å². The van der Waals surface area contributed by atoms with Crippen molar-refractivity contribution in [1.82, 2.24) is 10.3 Å². The van der Waals surface area contributed by atoms with Gasteiger partial charge in [0.05, 0.1) is 33.8 Å². The molecular weight excluding hydrogens is 474 g/mol. The molecule has 3 aromatic rings. The van der Waals surface area contributed by atoms with E-state index in [9.17, 15) is 14.4 Å². The van der Waals surface area contributed by atoms with Crippen molar-refractivity contribution in [2.45, 2.75) is 25.6 Å². The van der Waals surface area contributed by atoms with Crippen molar-refractivity contribution in [3.05, 3.63) is 83.7 Å². The predicted octanol–water partition coefficient (Wildman–Crippen LogP) is 3.57. The summed E-state index contributed by atoms with van der Waals surface area (Å²) in [4.78, 5) is 41.6. The third kappa shape index (κ3) is 6.79. The largest absolute Gasteiger partial charge is 0.497 e. The molecule has 9 heteroatoms. The highest BCUT2D eigenvalue weighted by molar-refractivity contribution is 6.88. The lowest BCUT2D eigenvalue weighted by Crippen LogP contribution is -2.37. The molecule has 188 valence electrons. The summed E-state index contributed by atoms with van der Waals surface area (Å²) < 4.78 is 9.85. The van der Waals surface area contributed by atoms with Crippen LogP contribution >= 0.6 is 0 Å². The van der Waals surface area contributed by atoms with Crippen LogP contribution in [0.5, 0.6) is 5.75 Å². The zero-order valence-electron chi connectivity index (χ0n) is 21.1. The first-order valence-corrected chi connectivity index (χ1v) is 15.0. The van der Waals surface area contributed by atoms with Crippen LogP contribution in [0.1, 0.15) is 32.3 Å². The van der Waals surface area contributed by atoms with Crippen LogP contribution in [-0.4, -0.2) is 51.6 Å². The molecule has 3 rings (SSSR count). The molecule has 8 nitrogen and oxygen atoms in total. The van der Waals surface area contributed by atoms with Gasteiger partial charge in [-0.05, 0) is 42.0 Å². The fraction of sp³-hybridized carbons (Fsp3) is 0.259. The monoisotopic (exact) mass is 505 g/mol. The highest BCUT2D eigenvalue weighted by atomic mass is 28.3. The molecular formula is C27H31N3O5Si. The number of benzene rings is 2. The van der Waals surface area contributed by atoms with Crippen molar-refractivity contribution in [3.63, 3.8) is 0 Å². The SMILES string of the molecule is COC(=O)c1ccc(C(=O)NCC(C(=O)Nc2ccc([Si](C)(C)C)cc2)c2ccc(OC)cc2)cn1. The van der Waals surface area contributed by atoms with Crippen molar-refractivity contribution in [2.24, 2.45) is 0 Å². The normalized spacial score (nSPS) is 11.8. The summed E-state index contributed by atoms with van der Waals surface area (Å²) in [5.41, 5.74) is 1.78. The second-order valence-corrected chi connectivity index (χ2v) is 14.4. The Labute approximate surface area is 212 Å². The van der Waals surface area contributed by atoms with Gasteiger partial charge in [-0.3, -0.25) is 9.59 Å². The summed E-state index contributed by atoms with van der Waals surface area (Å²) >= 11 is 0. The molecule has 2 aromatic carbocycles. The summed E-state index contributed by atoms with van der Waals surface area (Å²) in [6, 6.07) is 18.0. The number of esters is 1. The lowest BCUT2D eigenvalue weighted by Gasteiger charge is -2.20. The van der Waals surface area contributed by atoms with Crippen molar-refractivity contribution < 1.29 is 23.9 Å². The number of nitrogens with one attached hydrogen (secondary N) is 2. The quantitative estimate of drug-likeness (QED) is 0.340. The maximum Gasteiger partial charge on any atom is 0.356 e. The number of carbonyl (C=O) groups is 3. The highest BCUT2D eigenvalue weighted by Crippen LogP contribution is 2.21. The summed E-state index contributed by atoms with van der Waals surface area (Å²) in [5.74, 6) is -1.24. The fourth-order valence-corrected chi connectivity index (χ4v) is 4.70. The topological polar surface area (TPSA) is 107 Å². The van der Waals surface area contributed by atoms with E-state index in [4.69, 9.17) is 4.74 Å². The zero-order valence-corrected chi connectivity index (χ0v) is 22.1. The minimum Gasteiger partial charge on any atom is -0.497 e. The Morgan fingerprint density at radius 1 is 0.917 bits per heavy atom. The van der Waals surface area contributed by atoms with E-state index < -0.39 is 25.9 Å². The number of rotatable bonds is 9. The second-order valence-electron chi connectivity index (χ2n) is 9.28. The number of amides is 2. The number of methoxy groups -OCH3 is 2. The maximum atomic E-state index is 13.3. The van der Waals surface area contributed by atoms with E-state index in [2.05, 4.69) is 52.1 Å². The average molecular weight is 506 g/mol. The lowest BCUT2D eigenvalue weighted by atomic mass is 9.97. The summed E-state index contributed by atoms with van der Waals surface area (Å²) in [6.07, 6.45) is 1.30. The molecule has 1 heterocycles. The number of anilines is 1. The summed E-state index contributed by atoms with van der Waals surface area (Å²) in [6.45, 7) is 6.85. The number of carbonyl (C=O) groups excluding carboxylic acids is 3. The molecule has 36 heavy (non-hydrogen) atoms. The Kier molecular flexibility index (Phi) is 8.60. The van der Waals surface area contributed by atoms with Gasteiger partial charge in [0.25, 0.3) is 5.91 Å². The molecule has 2 N–H and O–H groups in total. The third-order valence-corrected chi connectivity index (χ3v) is 7.81. The first-order chi connectivity index (χ1) is 17.1. The minimum atomic E-state index is -1.45. The van der Waals surface area contributed by atoms with E-state index in [-0.39, 0.29) is 23.7 Å². The molecule has 0 radical (unpaired) electrons. The van der Waals surface area contributed by atoms with E-state index in [0.717, 1.165) is 5.56 Å². The molecule has 0 bridgehead atoms. The first kappa shape index (κ1) is 26.6. The molecule has 0 aliphatic heterocycles. The predicted molar refractivity (Wildman–Crippen MR) is 142 cm³/mol. The minimum absolute atomic E-state index is 0.0583. The lowest BCUT2D eigenvalue weighted by molar-refractivity contribution is -0.117. The van der Waals surface area contributed by atoms with Crippen LogP contribution in [0.15, 0.2) is 66.9 Å². The Balaban J connectivity index is 1.76. The molecule has 0 saturated heterocycles. The molecule has 1 unspecified atom stereocenters. The van der Waals surface area contributed by atoms with E-state index in [1.165, 1.54) is 30.6 Å². The van der Waals surface area contributed by atoms with Gasteiger partial charge >= 0.3 is 5.97 Å². The zero-order chi connectivity index (χ0) is 26.3. The molecule has 0 aliphatic carbocycles. The van der Waals surface area contributed by atoms with Crippen LogP contribution in [0.3, 0.4) is 0 Å². The van der Waals surface area contributed by atoms with Crippen LogP contribution in [0.25, 0.3) is 0 Å². The van der Waals surface area contributed by atoms with Crippen LogP contribution in [0.4, 0.5) is 5.69 Å². The van der Waals surface area contributed by atoms with E-state index in [0.29, 0.717) is 11.4 Å². The van der Waals surface area contributed by atoms with Gasteiger partial charge in [0.2, 0.25) is 5.91 Å². The standard InChI is InChI=1S/C27H31N3O5Si/c1-34-21-11-6-18(7-12-21)23(26(32)30-20-9-13-22(14-10-20)36(3,4)5)17-29-25(31)19-8-15-24(28-16-19)27(33)35-2/h6-16,23H,17H2,1-5H3,(H,29,31)(H,30,32). The van der Waals surface area contributed by atoms with Crippen molar-refractivity contribution in [1.29, 1.82) is 0 Å². The summed E-state index contributed by atoms with van der Waals surface area (Å²) in [5, 5.41) is 7.07. The highest BCUT2D eigenvalue weighted by Gasteiger charge is 2.23. The second kappa shape index (κ2) is 11.6. The van der Waals surface area contributed by atoms with Gasteiger partial charge in [-0.25, -0.2) is 9.78 Å². The third-order valence-electron chi connectivity index (χ3n) is 5.74. The van der Waals surface area contributed by atoms with Crippen LogP contribution in [0.2, 0.25) is 19.6 Å². The van der Waals surface area contributed by atoms with Crippen LogP contribution in [0, 0.1) is 0 Å². The van der Waals surface area contributed by atoms with Gasteiger partial charge < -0.3 is 20.1 Å². The number of aromatic nitrogens is 1. The molecule has 0 saturated carbocycles. The fourth-order valence-electron chi connectivity index (χ4n) is 3.53. The van der Waals surface area contributed by atoms with Crippen LogP contribution in [-0.2, 0) is 9.53 Å². The Morgan fingerprint density at radius 3 is 2.11 bits per heavy atom. The number of hydrogen-bond acceptors (Lipinski definition) is 6. The number of nitrogens with zero attached hydrogens (tertiary/aromatic N) is 1. The molecule has 1 aromatic heterocycles. The Morgan fingerprint density at radius 2 is 1.58 bits per heavy atom. The van der Waals surface area contributed by atoms with Gasteiger partial charge in [0.1, 0.15) is 11.4 Å². The number of pyridine rings is 1. The van der Waals surface area contributed by atoms with E-state index >= 15 is 0 Å². The van der Waals surface area contributed by atoms with Crippen molar-refractivity contribution in [3.8, 4) is 5.75 Å². The van der Waals surface area contributed by atoms with Gasteiger partial charge in [0, 0.05) is 18.4 Å². The molecule has 2 amide bonds. The van der Waals surface area contributed by atoms with Crippen LogP contribution < -0.4 is 20.6 Å². The maximum absolute atomic E-state index is 13.3. The number of hydrogen-bond donors (Lipinski definition) is 2. The Hall–Kier alpha value is -3.98. The number of ether oxygens (including phenoxy) is 2. The van der Waals surface area contributed by atoms with Gasteiger partial charge in [0.15, 0.2) is 0 Å². The van der Waals surface area contributed by atoms with Gasteiger partial charge in [-0.1, -0.05) is 49.1 Å². The smallest absolute Gasteiger partial charge is 0.356 e. The van der Waals surface area contributed by atoms with Gasteiger partial charge in [-0.2, -0.15) is 0 Å².